The summed E-state index contributed by atoms with van der Waals surface area (Å²) in [7, 11) is 0. The zero-order valence-corrected chi connectivity index (χ0v) is 18.8. The quantitative estimate of drug-likeness (QED) is 0.366. The highest BCUT2D eigenvalue weighted by molar-refractivity contribution is 5.99. The molecule has 4 rings (SSSR count). The molecule has 0 unspecified atom stereocenters. The van der Waals surface area contributed by atoms with Gasteiger partial charge in [-0.25, -0.2) is 13.8 Å². The number of anilines is 2. The van der Waals surface area contributed by atoms with Crippen LogP contribution in [0, 0.1) is 5.92 Å². The molecule has 3 aromatic rings. The number of nitrogens with one attached hydrogen (secondary N) is 3. The third-order valence-electron chi connectivity index (χ3n) is 5.86. The molecule has 1 aliphatic rings. The Bertz CT molecular complexity index is 1190. The Morgan fingerprint density at radius 1 is 1.17 bits per heavy atom. The first-order chi connectivity index (χ1) is 16.6. The molecule has 1 saturated carbocycles. The van der Waals surface area contributed by atoms with Gasteiger partial charge in [0.1, 0.15) is 11.1 Å². The van der Waals surface area contributed by atoms with E-state index in [1.807, 2.05) is 0 Å². The normalized spacial score (nSPS) is 18.6. The number of hydrogen-bond acceptors (Lipinski definition) is 5. The Labute approximate surface area is 197 Å². The summed E-state index contributed by atoms with van der Waals surface area (Å²) in [5, 5.41) is 5.46. The van der Waals surface area contributed by atoms with Crippen molar-refractivity contribution in [2.45, 2.75) is 51.3 Å². The van der Waals surface area contributed by atoms with Crippen molar-refractivity contribution in [3.05, 3.63) is 41.5 Å². The minimum atomic E-state index is -4.59. The van der Waals surface area contributed by atoms with Gasteiger partial charge in [0.25, 0.3) is 12.3 Å². The number of aromatic amines is 1. The zero-order chi connectivity index (χ0) is 25.2. The van der Waals surface area contributed by atoms with E-state index in [1.165, 1.54) is 24.3 Å². The zero-order valence-electron chi connectivity index (χ0n) is 18.8. The largest absolute Gasteiger partial charge is 0.471 e. The van der Waals surface area contributed by atoms with E-state index in [2.05, 4.69) is 32.5 Å². The number of carbonyl (C=O) groups is 1. The van der Waals surface area contributed by atoms with Crippen LogP contribution in [0.25, 0.3) is 11.2 Å². The fourth-order valence-corrected chi connectivity index (χ4v) is 4.03. The van der Waals surface area contributed by atoms with Crippen molar-refractivity contribution >= 4 is 28.7 Å². The number of para-hydroxylation sites is 1. The molecule has 1 amide bonds. The van der Waals surface area contributed by atoms with E-state index in [0.29, 0.717) is 5.92 Å². The van der Waals surface area contributed by atoms with Crippen LogP contribution in [0.2, 0.25) is 0 Å². The first-order valence-corrected chi connectivity index (χ1v) is 11.2. The molecule has 0 atom stereocenters. The minimum Gasteiger partial charge on any atom is -0.471 e. The Hall–Kier alpha value is -3.44. The van der Waals surface area contributed by atoms with Crippen molar-refractivity contribution < 1.29 is 31.5 Å². The molecule has 12 heteroatoms. The molecular formula is C23H24F5N5O2. The summed E-state index contributed by atoms with van der Waals surface area (Å²) >= 11 is 0. The van der Waals surface area contributed by atoms with E-state index in [-0.39, 0.29) is 40.3 Å². The summed E-state index contributed by atoms with van der Waals surface area (Å²) in [5.41, 5.74) is -0.993. The second kappa shape index (κ2) is 10.0. The van der Waals surface area contributed by atoms with Crippen LogP contribution in [0.5, 0.6) is 5.88 Å². The first-order valence-electron chi connectivity index (χ1n) is 11.2. The van der Waals surface area contributed by atoms with E-state index < -0.39 is 30.7 Å². The number of rotatable bonds is 7. The molecule has 0 spiro atoms. The average molecular weight is 497 g/mol. The van der Waals surface area contributed by atoms with Crippen molar-refractivity contribution in [3.8, 4) is 5.88 Å². The maximum absolute atomic E-state index is 13.3. The van der Waals surface area contributed by atoms with Crippen LogP contribution >= 0.6 is 0 Å². The van der Waals surface area contributed by atoms with Crippen molar-refractivity contribution in [2.24, 2.45) is 5.92 Å². The van der Waals surface area contributed by atoms with E-state index in [0.717, 1.165) is 31.7 Å². The molecule has 0 aliphatic heterocycles. The van der Waals surface area contributed by atoms with Crippen molar-refractivity contribution in [1.29, 1.82) is 0 Å². The average Bonchev–Trinajstić information content (AvgIpc) is 3.19. The SMILES string of the molecule is C[C@H]1CC[C@H](NC(=O)c2cc3nc(Nc4ccccc4C(F)(F)F)[nH]c3nc2OCC(F)F)CC1. The third kappa shape index (κ3) is 5.98. The predicted molar refractivity (Wildman–Crippen MR) is 119 cm³/mol. The smallest absolute Gasteiger partial charge is 0.418 e. The monoisotopic (exact) mass is 497 g/mol. The lowest BCUT2D eigenvalue weighted by Crippen LogP contribution is -2.37. The first kappa shape index (κ1) is 24.7. The fourth-order valence-electron chi connectivity index (χ4n) is 4.03. The van der Waals surface area contributed by atoms with Gasteiger partial charge >= 0.3 is 6.18 Å². The van der Waals surface area contributed by atoms with Gasteiger partial charge in [0.2, 0.25) is 11.8 Å². The van der Waals surface area contributed by atoms with E-state index >= 15 is 0 Å². The Kier molecular flexibility index (Phi) is 7.08. The summed E-state index contributed by atoms with van der Waals surface area (Å²) < 4.78 is 70.6. The van der Waals surface area contributed by atoms with Crippen LogP contribution in [-0.2, 0) is 6.18 Å². The van der Waals surface area contributed by atoms with Gasteiger partial charge in [-0.1, -0.05) is 19.1 Å². The molecule has 1 aliphatic carbocycles. The molecule has 7 nitrogen and oxygen atoms in total. The highest BCUT2D eigenvalue weighted by atomic mass is 19.4. The topological polar surface area (TPSA) is 91.9 Å². The number of pyridine rings is 1. The van der Waals surface area contributed by atoms with E-state index in [4.69, 9.17) is 4.74 Å². The van der Waals surface area contributed by atoms with Crippen LogP contribution in [0.3, 0.4) is 0 Å². The van der Waals surface area contributed by atoms with Gasteiger partial charge in [0, 0.05) is 6.04 Å². The molecule has 0 saturated heterocycles. The number of ether oxygens (including phenoxy) is 1. The number of imidazole rings is 1. The van der Waals surface area contributed by atoms with E-state index in [9.17, 15) is 26.7 Å². The highest BCUT2D eigenvalue weighted by Crippen LogP contribution is 2.36. The molecule has 2 aromatic heterocycles. The number of H-pyrrole nitrogens is 1. The van der Waals surface area contributed by atoms with Gasteiger partial charge in [0.15, 0.2) is 12.3 Å². The third-order valence-corrected chi connectivity index (χ3v) is 5.86. The molecule has 2 heterocycles. The number of alkyl halides is 5. The molecule has 1 fully saturated rings. The van der Waals surface area contributed by atoms with Gasteiger partial charge in [0.05, 0.1) is 11.3 Å². The number of halogens is 5. The van der Waals surface area contributed by atoms with E-state index in [1.54, 1.807) is 0 Å². The van der Waals surface area contributed by atoms with Gasteiger partial charge in [-0.15, -0.1) is 0 Å². The summed E-state index contributed by atoms with van der Waals surface area (Å²) in [6.07, 6.45) is -3.86. The number of benzene rings is 1. The fraction of sp³-hybridized carbons (Fsp3) is 0.435. The number of nitrogens with zero attached hydrogens (tertiary/aromatic N) is 2. The molecule has 35 heavy (non-hydrogen) atoms. The lowest BCUT2D eigenvalue weighted by molar-refractivity contribution is -0.136. The van der Waals surface area contributed by atoms with Crippen LogP contribution in [0.15, 0.2) is 30.3 Å². The van der Waals surface area contributed by atoms with Gasteiger partial charge in [-0.3, -0.25) is 4.79 Å². The molecule has 0 bridgehead atoms. The second-order valence-corrected chi connectivity index (χ2v) is 8.59. The molecule has 0 radical (unpaired) electrons. The van der Waals surface area contributed by atoms with Crippen LogP contribution in [0.1, 0.15) is 48.5 Å². The molecular weight excluding hydrogens is 473 g/mol. The van der Waals surface area contributed by atoms with Gasteiger partial charge in [-0.2, -0.15) is 18.2 Å². The summed E-state index contributed by atoms with van der Waals surface area (Å²) in [4.78, 5) is 24.0. The Morgan fingerprint density at radius 2 is 1.89 bits per heavy atom. The molecule has 188 valence electrons. The lowest BCUT2D eigenvalue weighted by Gasteiger charge is -2.27. The maximum atomic E-state index is 13.3. The molecule has 1 aromatic carbocycles. The van der Waals surface area contributed by atoms with Crippen molar-refractivity contribution in [2.75, 3.05) is 11.9 Å². The number of carbonyl (C=O) groups excluding carboxylic acids is 1. The second-order valence-electron chi connectivity index (χ2n) is 8.59. The number of amides is 1. The lowest BCUT2D eigenvalue weighted by atomic mass is 9.87. The van der Waals surface area contributed by atoms with Crippen LogP contribution in [-0.4, -0.2) is 39.9 Å². The maximum Gasteiger partial charge on any atom is 0.418 e. The Balaban J connectivity index is 1.63. The predicted octanol–water partition coefficient (Wildman–Crippen LogP) is 5.67. The summed E-state index contributed by atoms with van der Waals surface area (Å²) in [6.45, 7) is 1.17. The van der Waals surface area contributed by atoms with Crippen molar-refractivity contribution in [3.63, 3.8) is 0 Å². The van der Waals surface area contributed by atoms with Gasteiger partial charge in [-0.05, 0) is 49.8 Å². The minimum absolute atomic E-state index is 0.0595. The number of hydrogen-bond donors (Lipinski definition) is 3. The van der Waals surface area contributed by atoms with Crippen LogP contribution < -0.4 is 15.4 Å². The standard InChI is InChI=1S/C23H24F5N5O2/c1-12-6-8-13(9-7-12)29-20(34)14-10-17-19(32-21(14)35-11-18(24)25)33-22(31-17)30-16-5-3-2-4-15(16)23(26,27)28/h2-5,10,12-13,18H,6-9,11H2,1H3,(H,29,34)(H2,30,31,32,33)/t12-,13-. The highest BCUT2D eigenvalue weighted by Gasteiger charge is 2.33. The summed E-state index contributed by atoms with van der Waals surface area (Å²) in [6, 6.07) is 6.12. The van der Waals surface area contributed by atoms with Crippen LogP contribution in [0.4, 0.5) is 33.6 Å². The Morgan fingerprint density at radius 3 is 2.57 bits per heavy atom. The van der Waals surface area contributed by atoms with Crippen molar-refractivity contribution in [1.82, 2.24) is 20.3 Å². The van der Waals surface area contributed by atoms with Gasteiger partial charge < -0.3 is 20.4 Å². The number of aromatic nitrogens is 3. The number of fused-ring (bicyclic) bond motifs is 1. The molecule has 3 N–H and O–H groups in total. The summed E-state index contributed by atoms with van der Waals surface area (Å²) in [5.74, 6) is -0.347.